The number of aryl methyl sites for hydroxylation is 1. The number of nitrogens with zero attached hydrogens (tertiary/aromatic N) is 1. The van der Waals surface area contributed by atoms with Gasteiger partial charge in [-0.05, 0) is 25.3 Å². The average molecular weight is 518 g/mol. The smallest absolute Gasteiger partial charge is 0.257 e. The minimum Gasteiger partial charge on any atom is -0.394 e. The van der Waals surface area contributed by atoms with Gasteiger partial charge in [-0.1, -0.05) is 116 Å². The first kappa shape index (κ1) is 33.3. The lowest BCUT2D eigenvalue weighted by Gasteiger charge is -2.19. The van der Waals surface area contributed by atoms with Crippen LogP contribution in [0.15, 0.2) is 36.7 Å². The van der Waals surface area contributed by atoms with Crippen molar-refractivity contribution in [3.8, 4) is 0 Å². The number of pyridine rings is 1. The maximum absolute atomic E-state index is 12.7. The SMILES string of the molecule is CCCCCCCCCCCCC/C=C/[C@@H](O)[C@H](CO)NC(=O)c1ccc[n+](CCCCCCCC)c1. The maximum Gasteiger partial charge on any atom is 0.257 e. The molecule has 0 aromatic carbocycles. The summed E-state index contributed by atoms with van der Waals surface area (Å²) in [4.78, 5) is 12.7. The zero-order chi connectivity index (χ0) is 27.0. The van der Waals surface area contributed by atoms with Gasteiger partial charge in [-0.15, -0.1) is 0 Å². The number of hydrogen-bond donors (Lipinski definition) is 3. The summed E-state index contributed by atoms with van der Waals surface area (Å²) in [5.41, 5.74) is 0.545. The Morgan fingerprint density at radius 1 is 0.865 bits per heavy atom. The highest BCUT2D eigenvalue weighted by atomic mass is 16.3. The predicted octanol–water partition coefficient (Wildman–Crippen LogP) is 7.04. The number of carbonyl (C=O) groups excluding carboxylic acids is 1. The van der Waals surface area contributed by atoms with E-state index >= 15 is 0 Å². The second-order valence-corrected chi connectivity index (χ2v) is 10.6. The van der Waals surface area contributed by atoms with Crippen molar-refractivity contribution in [2.75, 3.05) is 6.61 Å². The standard InChI is InChI=1S/C32H56N2O3/c1-3-5-7-9-11-12-13-14-15-16-17-18-20-24-31(36)30(28-35)33-32(37)29-23-22-26-34(27-29)25-21-19-10-8-6-4-2/h20,22-24,26-27,30-31,35-36H,3-19,21,25,28H2,1-2H3/p+1/b24-20+/t30-,31+/m0/s1. The van der Waals surface area contributed by atoms with Crippen molar-refractivity contribution in [1.29, 1.82) is 0 Å². The molecule has 1 rings (SSSR count). The Bertz CT molecular complexity index is 707. The first-order valence-electron chi connectivity index (χ1n) is 15.4. The molecule has 1 aromatic rings. The number of aliphatic hydroxyl groups is 2. The number of aromatic nitrogens is 1. The molecule has 0 fully saturated rings. The molecule has 0 spiro atoms. The second kappa shape index (κ2) is 23.4. The van der Waals surface area contributed by atoms with Gasteiger partial charge in [0, 0.05) is 12.5 Å². The molecule has 3 N–H and O–H groups in total. The molecule has 0 saturated carbocycles. The first-order valence-corrected chi connectivity index (χ1v) is 15.4. The van der Waals surface area contributed by atoms with Crippen LogP contribution in [0.2, 0.25) is 0 Å². The monoisotopic (exact) mass is 517 g/mol. The van der Waals surface area contributed by atoms with Gasteiger partial charge in [0.1, 0.15) is 12.1 Å². The molecule has 0 unspecified atom stereocenters. The summed E-state index contributed by atoms with van der Waals surface area (Å²) in [6.45, 7) is 5.07. The summed E-state index contributed by atoms with van der Waals surface area (Å²) in [5, 5.41) is 23.0. The summed E-state index contributed by atoms with van der Waals surface area (Å²) in [6, 6.07) is 2.94. The second-order valence-electron chi connectivity index (χ2n) is 10.6. The van der Waals surface area contributed by atoms with E-state index in [1.807, 2.05) is 29.1 Å². The number of carbonyl (C=O) groups is 1. The van der Waals surface area contributed by atoms with Gasteiger partial charge in [-0.3, -0.25) is 4.79 Å². The number of nitrogens with one attached hydrogen (secondary N) is 1. The molecule has 0 aliphatic rings. The summed E-state index contributed by atoms with van der Waals surface area (Å²) in [7, 11) is 0. The summed E-state index contributed by atoms with van der Waals surface area (Å²) >= 11 is 0. The van der Waals surface area contributed by atoms with E-state index in [-0.39, 0.29) is 12.5 Å². The van der Waals surface area contributed by atoms with Crippen LogP contribution in [-0.2, 0) is 6.54 Å². The molecular weight excluding hydrogens is 460 g/mol. The van der Waals surface area contributed by atoms with Crippen molar-refractivity contribution < 1.29 is 19.6 Å². The lowest BCUT2D eigenvalue weighted by Crippen LogP contribution is -2.45. The molecule has 0 aliphatic carbocycles. The Labute approximate surface area is 227 Å². The molecule has 0 aliphatic heterocycles. The summed E-state index contributed by atoms with van der Waals surface area (Å²) < 4.78 is 2.05. The van der Waals surface area contributed by atoms with E-state index in [0.717, 1.165) is 25.8 Å². The Morgan fingerprint density at radius 3 is 1.97 bits per heavy atom. The zero-order valence-electron chi connectivity index (χ0n) is 24.0. The Hall–Kier alpha value is -1.72. The Kier molecular flexibility index (Phi) is 21.1. The number of unbranched alkanes of at least 4 members (excludes halogenated alkanes) is 16. The molecule has 0 radical (unpaired) electrons. The fourth-order valence-corrected chi connectivity index (χ4v) is 4.66. The third-order valence-corrected chi connectivity index (χ3v) is 7.12. The van der Waals surface area contributed by atoms with E-state index in [1.165, 1.54) is 96.3 Å². The van der Waals surface area contributed by atoms with Crippen LogP contribution in [0.25, 0.3) is 0 Å². The van der Waals surface area contributed by atoms with Gasteiger partial charge in [0.15, 0.2) is 12.4 Å². The molecular formula is C32H57N2O3+. The van der Waals surface area contributed by atoms with Gasteiger partial charge >= 0.3 is 0 Å². The predicted molar refractivity (Wildman–Crippen MR) is 155 cm³/mol. The van der Waals surface area contributed by atoms with Crippen LogP contribution in [0.4, 0.5) is 0 Å². The van der Waals surface area contributed by atoms with E-state index in [9.17, 15) is 15.0 Å². The maximum atomic E-state index is 12.7. The Balaban J connectivity index is 2.25. The average Bonchev–Trinajstić information content (AvgIpc) is 2.91. The number of rotatable bonds is 24. The van der Waals surface area contributed by atoms with E-state index in [4.69, 9.17) is 0 Å². The van der Waals surface area contributed by atoms with E-state index in [2.05, 4.69) is 19.2 Å². The molecule has 37 heavy (non-hydrogen) atoms. The molecule has 212 valence electrons. The van der Waals surface area contributed by atoms with E-state index in [0.29, 0.717) is 5.56 Å². The van der Waals surface area contributed by atoms with Crippen LogP contribution < -0.4 is 9.88 Å². The van der Waals surface area contributed by atoms with Gasteiger partial charge < -0.3 is 15.5 Å². The van der Waals surface area contributed by atoms with Gasteiger partial charge in [0.05, 0.1) is 18.8 Å². The third-order valence-electron chi connectivity index (χ3n) is 7.12. The van der Waals surface area contributed by atoms with Gasteiger partial charge in [0.2, 0.25) is 0 Å². The fourth-order valence-electron chi connectivity index (χ4n) is 4.66. The molecule has 0 bridgehead atoms. The summed E-state index contributed by atoms with van der Waals surface area (Å²) in [5.74, 6) is -0.269. The van der Waals surface area contributed by atoms with Crippen LogP contribution in [0, 0.1) is 0 Å². The fraction of sp³-hybridized carbons (Fsp3) is 0.750. The highest BCUT2D eigenvalue weighted by Crippen LogP contribution is 2.12. The summed E-state index contributed by atoms with van der Waals surface area (Å²) in [6.07, 6.45) is 29.4. The molecule has 5 heteroatoms. The van der Waals surface area contributed by atoms with Crippen LogP contribution >= 0.6 is 0 Å². The topological polar surface area (TPSA) is 73.4 Å². The molecule has 0 saturated heterocycles. The number of aliphatic hydroxyl groups excluding tert-OH is 2. The minimum atomic E-state index is -0.902. The zero-order valence-corrected chi connectivity index (χ0v) is 24.0. The van der Waals surface area contributed by atoms with Crippen LogP contribution in [0.5, 0.6) is 0 Å². The van der Waals surface area contributed by atoms with Crippen molar-refractivity contribution in [2.45, 2.75) is 148 Å². The third kappa shape index (κ3) is 17.4. The number of hydrogen-bond acceptors (Lipinski definition) is 3. The van der Waals surface area contributed by atoms with E-state index < -0.39 is 12.1 Å². The normalized spacial score (nSPS) is 13.2. The molecule has 5 nitrogen and oxygen atoms in total. The van der Waals surface area contributed by atoms with Crippen molar-refractivity contribution in [3.63, 3.8) is 0 Å². The van der Waals surface area contributed by atoms with Crippen LogP contribution in [0.3, 0.4) is 0 Å². The number of allylic oxidation sites excluding steroid dienone is 1. The first-order chi connectivity index (χ1) is 18.1. The molecule has 2 atom stereocenters. The molecule has 1 aromatic heterocycles. The minimum absolute atomic E-state index is 0.269. The largest absolute Gasteiger partial charge is 0.394 e. The van der Waals surface area contributed by atoms with Gasteiger partial charge in [-0.25, -0.2) is 4.57 Å². The molecule has 1 amide bonds. The van der Waals surface area contributed by atoms with Crippen LogP contribution in [0.1, 0.15) is 140 Å². The van der Waals surface area contributed by atoms with Gasteiger partial charge in [0.25, 0.3) is 5.91 Å². The molecule has 1 heterocycles. The van der Waals surface area contributed by atoms with Crippen molar-refractivity contribution >= 4 is 5.91 Å². The van der Waals surface area contributed by atoms with Crippen molar-refractivity contribution in [1.82, 2.24) is 5.32 Å². The van der Waals surface area contributed by atoms with Crippen molar-refractivity contribution in [3.05, 3.63) is 42.2 Å². The lowest BCUT2D eigenvalue weighted by molar-refractivity contribution is -0.697. The Morgan fingerprint density at radius 2 is 1.41 bits per heavy atom. The highest BCUT2D eigenvalue weighted by molar-refractivity contribution is 5.93. The van der Waals surface area contributed by atoms with Crippen molar-refractivity contribution in [2.24, 2.45) is 0 Å². The quantitative estimate of drug-likeness (QED) is 0.0782. The van der Waals surface area contributed by atoms with Gasteiger partial charge in [-0.2, -0.15) is 0 Å². The number of amides is 1. The van der Waals surface area contributed by atoms with Crippen LogP contribution in [-0.4, -0.2) is 34.9 Å². The highest BCUT2D eigenvalue weighted by Gasteiger charge is 2.20. The van der Waals surface area contributed by atoms with E-state index in [1.54, 1.807) is 12.1 Å². The lowest BCUT2D eigenvalue weighted by atomic mass is 10.0.